The summed E-state index contributed by atoms with van der Waals surface area (Å²) in [6, 6.07) is 12.9. The van der Waals surface area contributed by atoms with Gasteiger partial charge >= 0.3 is 0 Å². The Kier molecular flexibility index (Phi) is 5.22. The molecule has 3 N–H and O–H groups in total. The third-order valence-electron chi connectivity index (χ3n) is 3.82. The van der Waals surface area contributed by atoms with Gasteiger partial charge in [-0.25, -0.2) is 8.42 Å². The van der Waals surface area contributed by atoms with Crippen LogP contribution in [0.15, 0.2) is 57.9 Å². The van der Waals surface area contributed by atoms with E-state index < -0.39 is 10.0 Å². The maximum atomic E-state index is 12.4. The maximum Gasteiger partial charge on any atom is 0.263 e. The fourth-order valence-corrected chi connectivity index (χ4v) is 3.42. The highest BCUT2D eigenvalue weighted by Crippen LogP contribution is 2.30. The molecule has 2 aromatic carbocycles. The van der Waals surface area contributed by atoms with Crippen LogP contribution in [0.5, 0.6) is 11.5 Å². The largest absolute Gasteiger partial charge is 0.504 e. The monoisotopic (exact) mass is 389 g/mol. The number of rotatable bonds is 7. The molecule has 0 aliphatic rings. The van der Waals surface area contributed by atoms with Crippen LogP contribution in [-0.2, 0) is 16.6 Å². The number of para-hydroxylation sites is 1. The van der Waals surface area contributed by atoms with Gasteiger partial charge in [-0.1, -0.05) is 17.3 Å². The summed E-state index contributed by atoms with van der Waals surface area (Å²) in [5.41, 5.74) is 1.36. The van der Waals surface area contributed by atoms with Crippen LogP contribution in [0, 0.1) is 6.92 Å². The lowest BCUT2D eigenvalue weighted by Crippen LogP contribution is -2.13. The van der Waals surface area contributed by atoms with Crippen molar-refractivity contribution in [2.75, 3.05) is 17.1 Å². The minimum absolute atomic E-state index is 0.0683. The van der Waals surface area contributed by atoms with Crippen LogP contribution < -0.4 is 14.8 Å². The topological polar surface area (TPSA) is 114 Å². The van der Waals surface area contributed by atoms with Crippen LogP contribution in [0.4, 0.5) is 11.5 Å². The van der Waals surface area contributed by atoms with Crippen molar-refractivity contribution in [2.24, 2.45) is 0 Å². The van der Waals surface area contributed by atoms with E-state index in [1.807, 2.05) is 0 Å². The zero-order chi connectivity index (χ0) is 19.4. The Morgan fingerprint density at radius 2 is 1.93 bits per heavy atom. The van der Waals surface area contributed by atoms with Gasteiger partial charge < -0.3 is 19.7 Å². The van der Waals surface area contributed by atoms with Crippen LogP contribution in [0.2, 0.25) is 0 Å². The van der Waals surface area contributed by atoms with Crippen LogP contribution in [0.3, 0.4) is 0 Å². The Balaban J connectivity index is 1.68. The minimum Gasteiger partial charge on any atom is -0.504 e. The fraction of sp³-hybridized carbons (Fsp3) is 0.167. The van der Waals surface area contributed by atoms with Crippen LogP contribution >= 0.6 is 0 Å². The second kappa shape index (κ2) is 7.58. The molecule has 3 aromatic rings. The van der Waals surface area contributed by atoms with E-state index in [9.17, 15) is 13.5 Å². The van der Waals surface area contributed by atoms with Gasteiger partial charge in [-0.15, -0.1) is 0 Å². The molecule has 0 aliphatic carbocycles. The first kappa shape index (κ1) is 18.6. The number of ether oxygens (including phenoxy) is 1. The van der Waals surface area contributed by atoms with Crippen molar-refractivity contribution in [1.82, 2.24) is 5.16 Å². The lowest BCUT2D eigenvalue weighted by atomic mass is 10.2. The highest BCUT2D eigenvalue weighted by Gasteiger charge is 2.16. The Morgan fingerprint density at radius 3 is 2.56 bits per heavy atom. The molecule has 27 heavy (non-hydrogen) atoms. The molecule has 8 nitrogen and oxygen atoms in total. The number of nitrogens with one attached hydrogen (secondary N) is 2. The number of aromatic hydroxyl groups is 1. The summed E-state index contributed by atoms with van der Waals surface area (Å²) in [4.78, 5) is 0.0953. The summed E-state index contributed by atoms with van der Waals surface area (Å²) in [6.45, 7) is 2.02. The molecule has 0 saturated carbocycles. The third-order valence-corrected chi connectivity index (χ3v) is 5.19. The summed E-state index contributed by atoms with van der Waals surface area (Å²) in [6.07, 6.45) is 0. The van der Waals surface area contributed by atoms with Crippen LogP contribution in [0.1, 0.15) is 11.3 Å². The van der Waals surface area contributed by atoms with Gasteiger partial charge in [0.25, 0.3) is 10.0 Å². The van der Waals surface area contributed by atoms with E-state index >= 15 is 0 Å². The summed E-state index contributed by atoms with van der Waals surface area (Å²) in [5, 5.41) is 16.8. The van der Waals surface area contributed by atoms with E-state index in [4.69, 9.17) is 9.26 Å². The standard InChI is InChI=1S/C18H19N3O5S/c1-12-10-17(20-26-12)21-27(23,24)15-8-6-14(7-9-15)19-11-13-4-3-5-16(25-2)18(13)22/h3-10,19,22H,11H2,1-2H3,(H,20,21). The molecule has 1 heterocycles. The van der Waals surface area contributed by atoms with Gasteiger partial charge in [0.15, 0.2) is 17.3 Å². The molecule has 0 fully saturated rings. The number of hydrogen-bond acceptors (Lipinski definition) is 7. The van der Waals surface area contributed by atoms with Crippen LogP contribution in [-0.4, -0.2) is 25.8 Å². The summed E-state index contributed by atoms with van der Waals surface area (Å²) >= 11 is 0. The van der Waals surface area contributed by atoms with E-state index in [1.165, 1.54) is 25.3 Å². The van der Waals surface area contributed by atoms with E-state index in [0.29, 0.717) is 29.3 Å². The summed E-state index contributed by atoms with van der Waals surface area (Å²) in [5.74, 6) is 1.10. The zero-order valence-electron chi connectivity index (χ0n) is 14.8. The van der Waals surface area contributed by atoms with Gasteiger partial charge in [-0.2, -0.15) is 0 Å². The van der Waals surface area contributed by atoms with Crippen molar-refractivity contribution >= 4 is 21.5 Å². The first-order valence-corrected chi connectivity index (χ1v) is 9.52. The second-order valence-corrected chi connectivity index (χ2v) is 7.46. The van der Waals surface area contributed by atoms with Gasteiger partial charge in [-0.05, 0) is 37.3 Å². The molecule has 0 saturated heterocycles. The number of aromatic nitrogens is 1. The van der Waals surface area contributed by atoms with Gasteiger partial charge in [0.2, 0.25) is 0 Å². The number of phenolic OH excluding ortho intramolecular Hbond substituents is 1. The van der Waals surface area contributed by atoms with E-state index in [0.717, 1.165) is 0 Å². The van der Waals surface area contributed by atoms with Crippen molar-refractivity contribution in [3.05, 3.63) is 59.9 Å². The van der Waals surface area contributed by atoms with Gasteiger partial charge in [0, 0.05) is 23.9 Å². The number of anilines is 2. The molecule has 0 spiro atoms. The number of phenols is 1. The molecular weight excluding hydrogens is 370 g/mol. The number of benzene rings is 2. The first-order chi connectivity index (χ1) is 12.9. The smallest absolute Gasteiger partial charge is 0.263 e. The Labute approximate surface area is 156 Å². The van der Waals surface area contributed by atoms with Gasteiger partial charge in [-0.3, -0.25) is 4.72 Å². The van der Waals surface area contributed by atoms with Crippen molar-refractivity contribution < 1.29 is 22.8 Å². The SMILES string of the molecule is COc1cccc(CNc2ccc(S(=O)(=O)Nc3cc(C)on3)cc2)c1O. The average Bonchev–Trinajstić information content (AvgIpc) is 3.05. The lowest BCUT2D eigenvalue weighted by molar-refractivity contribution is 0.371. The first-order valence-electron chi connectivity index (χ1n) is 8.04. The molecule has 3 rings (SSSR count). The predicted molar refractivity (Wildman–Crippen MR) is 100 cm³/mol. The normalized spacial score (nSPS) is 11.2. The number of methoxy groups -OCH3 is 1. The van der Waals surface area contributed by atoms with E-state index in [-0.39, 0.29) is 16.5 Å². The average molecular weight is 389 g/mol. The highest BCUT2D eigenvalue weighted by molar-refractivity contribution is 7.92. The molecule has 0 bridgehead atoms. The molecule has 0 aliphatic heterocycles. The summed E-state index contributed by atoms with van der Waals surface area (Å²) < 4.78 is 37.0. The number of nitrogens with zero attached hydrogens (tertiary/aromatic N) is 1. The molecule has 142 valence electrons. The molecule has 0 unspecified atom stereocenters. The molecule has 0 radical (unpaired) electrons. The lowest BCUT2D eigenvalue weighted by Gasteiger charge is -2.11. The highest BCUT2D eigenvalue weighted by atomic mass is 32.2. The Bertz CT molecular complexity index is 1030. The van der Waals surface area contributed by atoms with E-state index in [1.54, 1.807) is 37.3 Å². The minimum atomic E-state index is -3.76. The van der Waals surface area contributed by atoms with E-state index in [2.05, 4.69) is 15.2 Å². The van der Waals surface area contributed by atoms with Crippen molar-refractivity contribution in [3.8, 4) is 11.5 Å². The zero-order valence-corrected chi connectivity index (χ0v) is 15.6. The van der Waals surface area contributed by atoms with Gasteiger partial charge in [0.05, 0.1) is 12.0 Å². The van der Waals surface area contributed by atoms with Crippen molar-refractivity contribution in [1.29, 1.82) is 0 Å². The predicted octanol–water partition coefficient (Wildman–Crippen LogP) is 3.11. The Morgan fingerprint density at radius 1 is 1.19 bits per heavy atom. The molecule has 0 atom stereocenters. The maximum absolute atomic E-state index is 12.4. The quantitative estimate of drug-likeness (QED) is 0.569. The summed E-state index contributed by atoms with van der Waals surface area (Å²) in [7, 11) is -2.27. The van der Waals surface area contributed by atoms with Gasteiger partial charge in [0.1, 0.15) is 5.76 Å². The fourth-order valence-electron chi connectivity index (χ4n) is 2.44. The number of hydrogen-bond donors (Lipinski definition) is 3. The number of aryl methyl sites for hydroxylation is 1. The number of sulfonamides is 1. The molecule has 1 aromatic heterocycles. The molecular formula is C18H19N3O5S. The third kappa shape index (κ3) is 4.32. The van der Waals surface area contributed by atoms with Crippen molar-refractivity contribution in [3.63, 3.8) is 0 Å². The molecule has 9 heteroatoms. The Hall–Kier alpha value is -3.20. The molecule has 0 amide bonds. The second-order valence-electron chi connectivity index (χ2n) is 5.77. The van der Waals surface area contributed by atoms with Crippen molar-refractivity contribution in [2.45, 2.75) is 18.4 Å². The van der Waals surface area contributed by atoms with Crippen LogP contribution in [0.25, 0.3) is 0 Å².